The van der Waals surface area contributed by atoms with Crippen LogP contribution in [-0.4, -0.2) is 77.4 Å². The minimum absolute atomic E-state index is 0.0817. The van der Waals surface area contributed by atoms with Gasteiger partial charge in [-0.1, -0.05) is 6.07 Å². The van der Waals surface area contributed by atoms with E-state index in [1.807, 2.05) is 23.1 Å². The summed E-state index contributed by atoms with van der Waals surface area (Å²) in [5.41, 5.74) is 1.52. The van der Waals surface area contributed by atoms with Gasteiger partial charge in [0.25, 0.3) is 5.91 Å². The van der Waals surface area contributed by atoms with Gasteiger partial charge in [0.15, 0.2) is 11.5 Å². The molecule has 0 radical (unpaired) electrons. The second-order valence-corrected chi connectivity index (χ2v) is 7.14. The van der Waals surface area contributed by atoms with Crippen LogP contribution in [0.5, 0.6) is 28.7 Å². The number of methoxy groups -OCH3 is 5. The summed E-state index contributed by atoms with van der Waals surface area (Å²) in [5, 5.41) is 0. The molecule has 0 unspecified atom stereocenters. The average molecular weight is 431 g/mol. The summed E-state index contributed by atoms with van der Waals surface area (Å²) in [4.78, 5) is 17.3. The van der Waals surface area contributed by atoms with E-state index in [0.717, 1.165) is 25.2 Å². The third-order valence-electron chi connectivity index (χ3n) is 5.43. The van der Waals surface area contributed by atoms with Crippen LogP contribution < -0.4 is 23.7 Å². The fourth-order valence-corrected chi connectivity index (χ4v) is 3.81. The molecule has 8 nitrogen and oxygen atoms in total. The molecular weight excluding hydrogens is 400 g/mol. The van der Waals surface area contributed by atoms with Gasteiger partial charge in [-0.05, 0) is 29.8 Å². The summed E-state index contributed by atoms with van der Waals surface area (Å²) in [6, 6.07) is 9.27. The quantitative estimate of drug-likeness (QED) is 0.638. The lowest BCUT2D eigenvalue weighted by atomic mass is 10.1. The molecule has 8 heteroatoms. The molecule has 1 amide bonds. The molecule has 2 aromatic rings. The Bertz CT molecular complexity index is 862. The lowest BCUT2D eigenvalue weighted by molar-refractivity contribution is 0.0622. The smallest absolute Gasteiger partial charge is 0.261 e. The number of amides is 1. The van der Waals surface area contributed by atoms with Crippen LogP contribution in [0.3, 0.4) is 0 Å². The molecule has 0 bridgehead atoms. The number of benzene rings is 2. The van der Waals surface area contributed by atoms with E-state index in [4.69, 9.17) is 23.7 Å². The summed E-state index contributed by atoms with van der Waals surface area (Å²) < 4.78 is 27.1. The van der Waals surface area contributed by atoms with Crippen LogP contribution in [0.1, 0.15) is 15.9 Å². The highest BCUT2D eigenvalue weighted by atomic mass is 16.5. The zero-order valence-corrected chi connectivity index (χ0v) is 18.8. The Morgan fingerprint density at radius 2 is 1.29 bits per heavy atom. The van der Waals surface area contributed by atoms with Crippen LogP contribution >= 0.6 is 0 Å². The van der Waals surface area contributed by atoms with Crippen molar-refractivity contribution in [3.05, 3.63) is 41.5 Å². The van der Waals surface area contributed by atoms with Crippen LogP contribution in [-0.2, 0) is 6.54 Å². The van der Waals surface area contributed by atoms with Crippen LogP contribution in [0.2, 0.25) is 0 Å². The Morgan fingerprint density at radius 3 is 1.74 bits per heavy atom. The van der Waals surface area contributed by atoms with Gasteiger partial charge in [0.1, 0.15) is 17.1 Å². The van der Waals surface area contributed by atoms with Gasteiger partial charge in [0.05, 0.1) is 35.5 Å². The summed E-state index contributed by atoms with van der Waals surface area (Å²) in [7, 11) is 7.92. The molecule has 1 heterocycles. The molecule has 168 valence electrons. The molecule has 0 atom stereocenters. The fourth-order valence-electron chi connectivity index (χ4n) is 3.81. The molecule has 0 aromatic heterocycles. The Hall–Kier alpha value is -3.13. The first kappa shape index (κ1) is 22.6. The number of carbonyl (C=O) groups excluding carboxylic acids is 1. The Labute approximate surface area is 183 Å². The topological polar surface area (TPSA) is 69.7 Å². The van der Waals surface area contributed by atoms with Crippen molar-refractivity contribution in [2.75, 3.05) is 61.7 Å². The molecule has 2 aromatic carbocycles. The number of piperazine rings is 1. The number of ether oxygens (including phenoxy) is 5. The minimum Gasteiger partial charge on any atom is -0.496 e. The maximum atomic E-state index is 13.2. The molecule has 0 saturated carbocycles. The van der Waals surface area contributed by atoms with Crippen molar-refractivity contribution >= 4 is 5.91 Å². The van der Waals surface area contributed by atoms with E-state index in [9.17, 15) is 4.79 Å². The standard InChI is InChI=1S/C23H30N2O6/c1-27-17-7-6-8-18(28-2)21(17)23(26)25-11-9-24(10-12-25)15-16-13-19(29-3)22(31-5)20(14-16)30-4/h6-8,13-14H,9-12,15H2,1-5H3. The molecule has 31 heavy (non-hydrogen) atoms. The van der Waals surface area contributed by atoms with Crippen molar-refractivity contribution in [1.29, 1.82) is 0 Å². The highest BCUT2D eigenvalue weighted by Gasteiger charge is 2.27. The first-order valence-electron chi connectivity index (χ1n) is 10.1. The molecule has 0 N–H and O–H groups in total. The van der Waals surface area contributed by atoms with Crippen LogP contribution in [0.25, 0.3) is 0 Å². The second-order valence-electron chi connectivity index (χ2n) is 7.14. The predicted octanol–water partition coefficient (Wildman–Crippen LogP) is 2.69. The van der Waals surface area contributed by atoms with E-state index in [1.54, 1.807) is 47.7 Å². The van der Waals surface area contributed by atoms with Gasteiger partial charge < -0.3 is 28.6 Å². The molecule has 0 spiro atoms. The second kappa shape index (κ2) is 10.3. The molecular formula is C23H30N2O6. The fraction of sp³-hybridized carbons (Fsp3) is 0.435. The molecule has 3 rings (SSSR count). The Balaban J connectivity index is 1.69. The molecule has 1 aliphatic heterocycles. The molecule has 0 aliphatic carbocycles. The average Bonchev–Trinajstić information content (AvgIpc) is 2.82. The van der Waals surface area contributed by atoms with Crippen molar-refractivity contribution in [3.63, 3.8) is 0 Å². The van der Waals surface area contributed by atoms with Crippen LogP contribution in [0, 0.1) is 0 Å². The van der Waals surface area contributed by atoms with Crippen molar-refractivity contribution in [2.45, 2.75) is 6.54 Å². The van der Waals surface area contributed by atoms with Crippen molar-refractivity contribution in [2.24, 2.45) is 0 Å². The van der Waals surface area contributed by atoms with Crippen molar-refractivity contribution < 1.29 is 28.5 Å². The van der Waals surface area contributed by atoms with E-state index in [0.29, 0.717) is 47.4 Å². The number of nitrogens with zero attached hydrogens (tertiary/aromatic N) is 2. The van der Waals surface area contributed by atoms with Crippen molar-refractivity contribution in [3.8, 4) is 28.7 Å². The van der Waals surface area contributed by atoms with Crippen LogP contribution in [0.4, 0.5) is 0 Å². The normalized spacial score (nSPS) is 14.2. The zero-order valence-electron chi connectivity index (χ0n) is 18.8. The van der Waals surface area contributed by atoms with Gasteiger partial charge in [-0.25, -0.2) is 0 Å². The third-order valence-corrected chi connectivity index (χ3v) is 5.43. The van der Waals surface area contributed by atoms with Crippen LogP contribution in [0.15, 0.2) is 30.3 Å². The number of carbonyl (C=O) groups is 1. The zero-order chi connectivity index (χ0) is 22.4. The van der Waals surface area contributed by atoms with E-state index in [2.05, 4.69) is 4.90 Å². The van der Waals surface area contributed by atoms with Crippen molar-refractivity contribution in [1.82, 2.24) is 9.80 Å². The van der Waals surface area contributed by atoms with Gasteiger partial charge in [0.2, 0.25) is 5.75 Å². The first-order valence-corrected chi connectivity index (χ1v) is 10.1. The summed E-state index contributed by atoms with van der Waals surface area (Å²) in [6.45, 7) is 3.45. The predicted molar refractivity (Wildman–Crippen MR) is 117 cm³/mol. The number of hydrogen-bond acceptors (Lipinski definition) is 7. The number of hydrogen-bond donors (Lipinski definition) is 0. The number of rotatable bonds is 8. The molecule has 1 fully saturated rings. The van der Waals surface area contributed by atoms with Gasteiger partial charge in [-0.2, -0.15) is 0 Å². The minimum atomic E-state index is -0.0817. The lowest BCUT2D eigenvalue weighted by Gasteiger charge is -2.35. The van der Waals surface area contributed by atoms with E-state index >= 15 is 0 Å². The summed E-state index contributed by atoms with van der Waals surface area (Å²) in [6.07, 6.45) is 0. The molecule has 1 saturated heterocycles. The van der Waals surface area contributed by atoms with Gasteiger partial charge in [-0.15, -0.1) is 0 Å². The summed E-state index contributed by atoms with van der Waals surface area (Å²) in [5.74, 6) is 2.80. The maximum absolute atomic E-state index is 13.2. The lowest BCUT2D eigenvalue weighted by Crippen LogP contribution is -2.48. The highest BCUT2D eigenvalue weighted by molar-refractivity contribution is 5.99. The van der Waals surface area contributed by atoms with E-state index < -0.39 is 0 Å². The van der Waals surface area contributed by atoms with Gasteiger partial charge >= 0.3 is 0 Å². The van der Waals surface area contributed by atoms with E-state index in [-0.39, 0.29) is 5.91 Å². The first-order chi connectivity index (χ1) is 15.1. The Kier molecular flexibility index (Phi) is 7.46. The van der Waals surface area contributed by atoms with Gasteiger partial charge in [-0.3, -0.25) is 9.69 Å². The molecule has 1 aliphatic rings. The third kappa shape index (κ3) is 4.80. The summed E-state index contributed by atoms with van der Waals surface area (Å²) >= 11 is 0. The van der Waals surface area contributed by atoms with Gasteiger partial charge in [0, 0.05) is 32.7 Å². The highest BCUT2D eigenvalue weighted by Crippen LogP contribution is 2.38. The SMILES string of the molecule is COc1cc(CN2CCN(C(=O)c3c(OC)cccc3OC)CC2)cc(OC)c1OC. The van der Waals surface area contributed by atoms with E-state index in [1.165, 1.54) is 0 Å². The Morgan fingerprint density at radius 1 is 0.774 bits per heavy atom. The largest absolute Gasteiger partial charge is 0.496 e. The maximum Gasteiger partial charge on any atom is 0.261 e. The monoisotopic (exact) mass is 430 g/mol.